The maximum absolute atomic E-state index is 13.3. The number of carbonyl (C=O) groups is 1. The van der Waals surface area contributed by atoms with Crippen LogP contribution in [0.4, 0.5) is 11.6 Å². The van der Waals surface area contributed by atoms with Gasteiger partial charge in [-0.25, -0.2) is 4.68 Å². The molecule has 1 aliphatic rings. The van der Waals surface area contributed by atoms with Crippen molar-refractivity contribution in [2.45, 2.75) is 13.0 Å². The predicted octanol–water partition coefficient (Wildman–Crippen LogP) is 5.59. The number of thiophene rings is 1. The first-order chi connectivity index (χ1) is 15.1. The lowest BCUT2D eigenvalue weighted by molar-refractivity contribution is -0.113. The van der Waals surface area contributed by atoms with Gasteiger partial charge in [0.15, 0.2) is 5.82 Å². The topological polar surface area (TPSA) is 71.8 Å². The largest absolute Gasteiger partial charge is 0.328 e. The zero-order valence-corrected chi connectivity index (χ0v) is 18.1. The molecule has 0 bridgehead atoms. The highest BCUT2D eigenvalue weighted by Crippen LogP contribution is 2.39. The molecular formula is C23H18ClN5OS. The number of rotatable bonds is 4. The minimum atomic E-state index is -0.399. The molecule has 1 atom stereocenters. The molecule has 2 aromatic carbocycles. The summed E-state index contributed by atoms with van der Waals surface area (Å²) >= 11 is 7.95. The maximum atomic E-state index is 13.3. The van der Waals surface area contributed by atoms with E-state index in [9.17, 15) is 4.79 Å². The molecule has 1 amide bonds. The van der Waals surface area contributed by atoms with Crippen molar-refractivity contribution in [3.05, 3.63) is 93.3 Å². The van der Waals surface area contributed by atoms with Crippen LogP contribution in [0, 0.1) is 0 Å². The smallest absolute Gasteiger partial charge is 0.255 e. The molecule has 0 fully saturated rings. The van der Waals surface area contributed by atoms with E-state index in [0.717, 1.165) is 21.8 Å². The minimum absolute atomic E-state index is 0.185. The molecule has 6 nitrogen and oxygen atoms in total. The molecule has 3 heterocycles. The number of hydrogen-bond donors (Lipinski definition) is 2. The number of carbonyl (C=O) groups excluding carboxylic acids is 1. The number of allylic oxidation sites excluding steroid dienone is 1. The fraction of sp³-hybridized carbons (Fsp3) is 0.0870. The van der Waals surface area contributed by atoms with Crippen molar-refractivity contribution in [2.75, 3.05) is 10.6 Å². The molecule has 8 heteroatoms. The van der Waals surface area contributed by atoms with Gasteiger partial charge in [0.05, 0.1) is 10.6 Å². The number of nitrogens with one attached hydrogen (secondary N) is 2. The number of aromatic nitrogens is 3. The van der Waals surface area contributed by atoms with Crippen LogP contribution in [0.2, 0.25) is 5.02 Å². The van der Waals surface area contributed by atoms with Crippen molar-refractivity contribution in [3.8, 4) is 11.4 Å². The summed E-state index contributed by atoms with van der Waals surface area (Å²) in [6.45, 7) is 1.88. The Labute approximate surface area is 188 Å². The van der Waals surface area contributed by atoms with E-state index in [2.05, 4.69) is 15.6 Å². The summed E-state index contributed by atoms with van der Waals surface area (Å²) in [5.74, 6) is 0.893. The molecule has 1 aliphatic heterocycles. The molecule has 0 saturated heterocycles. The van der Waals surface area contributed by atoms with E-state index in [1.807, 2.05) is 79.0 Å². The van der Waals surface area contributed by atoms with Crippen molar-refractivity contribution in [2.24, 2.45) is 0 Å². The van der Waals surface area contributed by atoms with E-state index < -0.39 is 6.04 Å². The minimum Gasteiger partial charge on any atom is -0.328 e. The van der Waals surface area contributed by atoms with Gasteiger partial charge in [0.1, 0.15) is 6.04 Å². The summed E-state index contributed by atoms with van der Waals surface area (Å²) in [5.41, 5.74) is 2.80. The first kappa shape index (κ1) is 19.5. The summed E-state index contributed by atoms with van der Waals surface area (Å²) in [7, 11) is 0. The van der Waals surface area contributed by atoms with Crippen LogP contribution >= 0.6 is 22.9 Å². The number of anilines is 2. The summed E-state index contributed by atoms with van der Waals surface area (Å²) in [6, 6.07) is 20.4. The number of nitrogens with zero attached hydrogens (tertiary/aromatic N) is 3. The third-order valence-corrected chi connectivity index (χ3v) is 6.31. The number of para-hydroxylation sites is 1. The van der Waals surface area contributed by atoms with Gasteiger partial charge in [0.25, 0.3) is 5.91 Å². The first-order valence-corrected chi connectivity index (χ1v) is 11.0. The van der Waals surface area contributed by atoms with Crippen molar-refractivity contribution in [1.82, 2.24) is 14.8 Å². The average Bonchev–Trinajstić information content (AvgIpc) is 3.43. The van der Waals surface area contributed by atoms with Crippen molar-refractivity contribution < 1.29 is 4.79 Å². The van der Waals surface area contributed by atoms with Gasteiger partial charge in [-0.1, -0.05) is 48.0 Å². The van der Waals surface area contributed by atoms with E-state index in [1.54, 1.807) is 16.0 Å². The quantitative estimate of drug-likeness (QED) is 0.428. The highest BCUT2D eigenvalue weighted by Gasteiger charge is 2.35. The van der Waals surface area contributed by atoms with Crippen LogP contribution < -0.4 is 10.6 Å². The fourth-order valence-electron chi connectivity index (χ4n) is 3.63. The molecule has 154 valence electrons. The van der Waals surface area contributed by atoms with Gasteiger partial charge < -0.3 is 10.6 Å². The molecule has 4 aromatic rings. The molecule has 2 N–H and O–H groups in total. The van der Waals surface area contributed by atoms with Crippen LogP contribution in [0.15, 0.2) is 83.4 Å². The Bertz CT molecular complexity index is 1280. The fourth-order valence-corrected chi connectivity index (χ4v) is 4.67. The SMILES string of the molecule is CC1=C(C(=O)Nc2ccccc2)C(c2cccs2)n2nc(-c3ccccc3Cl)nc2N1. The van der Waals surface area contributed by atoms with Crippen molar-refractivity contribution in [3.63, 3.8) is 0 Å². The standard InChI is InChI=1S/C23H18ClN5OS/c1-14-19(22(30)26-15-8-3-2-4-9-15)20(18-12-7-13-31-18)29-23(25-14)27-21(28-29)16-10-5-6-11-17(16)24/h2-13,20H,1H3,(H,26,30)(H,25,27,28). The molecule has 1 unspecified atom stereocenters. The predicted molar refractivity (Wildman–Crippen MR) is 124 cm³/mol. The van der Waals surface area contributed by atoms with E-state index in [0.29, 0.717) is 22.4 Å². The van der Waals surface area contributed by atoms with Crippen LogP contribution in [0.5, 0.6) is 0 Å². The number of hydrogen-bond acceptors (Lipinski definition) is 5. The van der Waals surface area contributed by atoms with Crippen LogP contribution in [-0.4, -0.2) is 20.7 Å². The van der Waals surface area contributed by atoms with Crippen LogP contribution in [0.1, 0.15) is 17.8 Å². The lowest BCUT2D eigenvalue weighted by atomic mass is 10.0. The molecule has 0 saturated carbocycles. The van der Waals surface area contributed by atoms with Gasteiger partial charge in [-0.2, -0.15) is 4.98 Å². The van der Waals surface area contributed by atoms with Crippen molar-refractivity contribution in [1.29, 1.82) is 0 Å². The second-order valence-electron chi connectivity index (χ2n) is 7.09. The van der Waals surface area contributed by atoms with Crippen LogP contribution in [0.25, 0.3) is 11.4 Å². The Morgan fingerprint density at radius 3 is 2.61 bits per heavy atom. The summed E-state index contributed by atoms with van der Waals surface area (Å²) < 4.78 is 1.76. The highest BCUT2D eigenvalue weighted by molar-refractivity contribution is 7.10. The number of fused-ring (bicyclic) bond motifs is 1. The normalized spacial score (nSPS) is 15.4. The van der Waals surface area contributed by atoms with Crippen molar-refractivity contribution >= 4 is 40.5 Å². The average molecular weight is 448 g/mol. The van der Waals surface area contributed by atoms with E-state index in [-0.39, 0.29) is 5.91 Å². The maximum Gasteiger partial charge on any atom is 0.255 e. The molecule has 0 spiro atoms. The molecule has 31 heavy (non-hydrogen) atoms. The van der Waals surface area contributed by atoms with Gasteiger partial charge in [-0.05, 0) is 42.6 Å². The van der Waals surface area contributed by atoms with Crippen LogP contribution in [-0.2, 0) is 4.79 Å². The summed E-state index contributed by atoms with van der Waals surface area (Å²) in [5, 5.41) is 13.6. The van der Waals surface area contributed by atoms with E-state index >= 15 is 0 Å². The monoisotopic (exact) mass is 447 g/mol. The summed E-state index contributed by atoms with van der Waals surface area (Å²) in [4.78, 5) is 19.0. The third-order valence-electron chi connectivity index (χ3n) is 5.06. The Balaban J connectivity index is 1.59. The molecule has 2 aromatic heterocycles. The molecular weight excluding hydrogens is 430 g/mol. The lowest BCUT2D eigenvalue weighted by Gasteiger charge is -2.27. The second kappa shape index (κ2) is 8.02. The highest BCUT2D eigenvalue weighted by atomic mass is 35.5. The Morgan fingerprint density at radius 1 is 1.10 bits per heavy atom. The molecule has 5 rings (SSSR count). The second-order valence-corrected chi connectivity index (χ2v) is 8.47. The van der Waals surface area contributed by atoms with E-state index in [4.69, 9.17) is 16.7 Å². The van der Waals surface area contributed by atoms with Crippen LogP contribution in [0.3, 0.4) is 0 Å². The van der Waals surface area contributed by atoms with Gasteiger partial charge in [0, 0.05) is 21.8 Å². The van der Waals surface area contributed by atoms with Gasteiger partial charge in [0.2, 0.25) is 5.95 Å². The Kier molecular flexibility index (Phi) is 5.05. The lowest BCUT2D eigenvalue weighted by Crippen LogP contribution is -2.31. The number of benzene rings is 2. The van der Waals surface area contributed by atoms with Gasteiger partial charge in [-0.15, -0.1) is 16.4 Å². The number of amides is 1. The number of halogens is 1. The summed E-state index contributed by atoms with van der Waals surface area (Å²) in [6.07, 6.45) is 0. The van der Waals surface area contributed by atoms with Gasteiger partial charge in [-0.3, -0.25) is 4.79 Å². The molecule has 0 radical (unpaired) electrons. The third kappa shape index (κ3) is 3.62. The first-order valence-electron chi connectivity index (χ1n) is 9.71. The zero-order valence-electron chi connectivity index (χ0n) is 16.5. The van der Waals surface area contributed by atoms with Gasteiger partial charge >= 0.3 is 0 Å². The zero-order chi connectivity index (χ0) is 21.4. The molecule has 0 aliphatic carbocycles. The van der Waals surface area contributed by atoms with E-state index in [1.165, 1.54) is 0 Å². The Morgan fingerprint density at radius 2 is 1.87 bits per heavy atom. The Hall–Kier alpha value is -3.42.